The maximum absolute atomic E-state index is 10.9. The number of phenolic OH excluding ortho intramolecular Hbond substituents is 4. The van der Waals surface area contributed by atoms with Gasteiger partial charge < -0.3 is 30.6 Å². The van der Waals surface area contributed by atoms with E-state index < -0.39 is 0 Å². The number of aliphatic hydroxyl groups excluding tert-OH is 2. The minimum Gasteiger partial charge on any atom is -0.508 e. The summed E-state index contributed by atoms with van der Waals surface area (Å²) in [7, 11) is 0. The van der Waals surface area contributed by atoms with Crippen LogP contribution in [0.5, 0.6) is 23.0 Å². The topological polar surface area (TPSA) is 121 Å². The maximum atomic E-state index is 10.9. The first kappa shape index (κ1) is 32.9. The second kappa shape index (κ2) is 14.0. The number of phenols is 4. The SMILES string of the molecule is C=C(O)/C(=C\CCO)c1ccc2ccc(-c3cc(Cc4cc(-c5ccc6ccc(/C=C/CC)cc6c5)c(O)cc4O)c(O)cc3O)cc2c1. The van der Waals surface area contributed by atoms with Gasteiger partial charge in [0.2, 0.25) is 0 Å². The number of hydrogen-bond acceptors (Lipinski definition) is 6. The molecule has 6 nitrogen and oxygen atoms in total. The lowest BCUT2D eigenvalue weighted by atomic mass is 9.92. The summed E-state index contributed by atoms with van der Waals surface area (Å²) in [4.78, 5) is 0. The largest absolute Gasteiger partial charge is 0.508 e. The molecule has 0 saturated heterocycles. The van der Waals surface area contributed by atoms with E-state index in [0.717, 1.165) is 44.7 Å². The Balaban J connectivity index is 1.36. The van der Waals surface area contributed by atoms with Crippen LogP contribution in [0.3, 0.4) is 0 Å². The number of hydrogen-bond donors (Lipinski definition) is 6. The number of aromatic hydroxyl groups is 4. The number of fused-ring (bicyclic) bond motifs is 2. The van der Waals surface area contributed by atoms with Crippen molar-refractivity contribution in [2.75, 3.05) is 6.61 Å². The smallest absolute Gasteiger partial charge is 0.127 e. The van der Waals surface area contributed by atoms with Crippen LogP contribution in [0, 0.1) is 0 Å². The molecule has 6 N–H and O–H groups in total. The molecule has 6 aromatic carbocycles. The molecule has 0 aromatic heterocycles. The Kier molecular flexibility index (Phi) is 9.42. The Morgan fingerprint density at radius 2 is 1.18 bits per heavy atom. The van der Waals surface area contributed by atoms with Crippen molar-refractivity contribution in [2.24, 2.45) is 0 Å². The minimum absolute atomic E-state index is 0.0540. The minimum atomic E-state index is -0.128. The normalized spacial score (nSPS) is 11.9. The van der Waals surface area contributed by atoms with Crippen LogP contribution in [0.2, 0.25) is 0 Å². The second-order valence-electron chi connectivity index (χ2n) is 12.2. The fraction of sp³-hybridized carbons (Fsp3) is 0.116. The number of benzene rings is 6. The average Bonchev–Trinajstić information content (AvgIpc) is 3.08. The molecule has 0 fully saturated rings. The first-order valence-electron chi connectivity index (χ1n) is 16.2. The molecule has 0 amide bonds. The molecule has 49 heavy (non-hydrogen) atoms. The summed E-state index contributed by atoms with van der Waals surface area (Å²) >= 11 is 0. The van der Waals surface area contributed by atoms with Crippen molar-refractivity contribution < 1.29 is 30.6 Å². The van der Waals surface area contributed by atoms with Crippen LogP contribution in [0.15, 0.2) is 122 Å². The molecule has 0 atom stereocenters. The van der Waals surface area contributed by atoms with Gasteiger partial charge in [-0.2, -0.15) is 0 Å². The van der Waals surface area contributed by atoms with Crippen molar-refractivity contribution in [3.8, 4) is 45.3 Å². The van der Waals surface area contributed by atoms with Gasteiger partial charge in [0.05, 0.1) is 0 Å². The Morgan fingerprint density at radius 3 is 1.73 bits per heavy atom. The third kappa shape index (κ3) is 7.00. The molecule has 0 radical (unpaired) electrons. The number of aliphatic hydroxyl groups is 2. The zero-order valence-corrected chi connectivity index (χ0v) is 27.2. The molecule has 6 rings (SSSR count). The van der Waals surface area contributed by atoms with E-state index in [1.54, 1.807) is 18.2 Å². The monoisotopic (exact) mass is 650 g/mol. The van der Waals surface area contributed by atoms with Crippen molar-refractivity contribution in [3.63, 3.8) is 0 Å². The predicted molar refractivity (Wildman–Crippen MR) is 199 cm³/mol. The molecule has 0 bridgehead atoms. The van der Waals surface area contributed by atoms with Gasteiger partial charge in [0, 0.05) is 41.9 Å². The summed E-state index contributed by atoms with van der Waals surface area (Å²) < 4.78 is 0. The van der Waals surface area contributed by atoms with Gasteiger partial charge in [-0.25, -0.2) is 0 Å². The van der Waals surface area contributed by atoms with E-state index in [1.165, 1.54) is 12.1 Å². The molecule has 0 aliphatic carbocycles. The van der Waals surface area contributed by atoms with Crippen LogP contribution >= 0.6 is 0 Å². The molecule has 0 saturated carbocycles. The molecular formula is C43H38O6. The van der Waals surface area contributed by atoms with E-state index in [1.807, 2.05) is 54.6 Å². The third-order valence-corrected chi connectivity index (χ3v) is 8.75. The number of rotatable bonds is 10. The highest BCUT2D eigenvalue weighted by Crippen LogP contribution is 2.41. The van der Waals surface area contributed by atoms with Crippen molar-refractivity contribution in [1.29, 1.82) is 0 Å². The van der Waals surface area contributed by atoms with Crippen LogP contribution in [0.4, 0.5) is 0 Å². The molecule has 0 spiro atoms. The average molecular weight is 651 g/mol. The Hall–Kier alpha value is -5.98. The predicted octanol–water partition coefficient (Wildman–Crippen LogP) is 10.0. The molecular weight excluding hydrogens is 612 g/mol. The van der Waals surface area contributed by atoms with E-state index in [0.29, 0.717) is 39.8 Å². The highest BCUT2D eigenvalue weighted by molar-refractivity contribution is 5.93. The van der Waals surface area contributed by atoms with Gasteiger partial charge in [-0.05, 0) is 104 Å². The molecule has 0 aliphatic heterocycles. The summed E-state index contributed by atoms with van der Waals surface area (Å²) in [6, 6.07) is 29.7. The zero-order chi connectivity index (χ0) is 34.7. The van der Waals surface area contributed by atoms with E-state index in [9.17, 15) is 30.6 Å². The van der Waals surface area contributed by atoms with Crippen molar-refractivity contribution in [3.05, 3.63) is 144 Å². The molecule has 0 heterocycles. The van der Waals surface area contributed by atoms with Crippen LogP contribution in [-0.2, 0) is 6.42 Å². The van der Waals surface area contributed by atoms with Gasteiger partial charge >= 0.3 is 0 Å². The lowest BCUT2D eigenvalue weighted by molar-refractivity contribution is 0.302. The van der Waals surface area contributed by atoms with E-state index >= 15 is 0 Å². The summed E-state index contributed by atoms with van der Waals surface area (Å²) in [6.07, 6.45) is 7.36. The van der Waals surface area contributed by atoms with Crippen LogP contribution in [0.1, 0.15) is 42.0 Å². The molecule has 6 aromatic rings. The van der Waals surface area contributed by atoms with Crippen molar-refractivity contribution in [1.82, 2.24) is 0 Å². The first-order chi connectivity index (χ1) is 23.6. The van der Waals surface area contributed by atoms with Gasteiger partial charge in [-0.1, -0.05) is 80.3 Å². The fourth-order valence-corrected chi connectivity index (χ4v) is 6.18. The number of allylic oxidation sites excluding steroid dienone is 2. The van der Waals surface area contributed by atoms with Crippen LogP contribution in [0.25, 0.3) is 55.4 Å². The van der Waals surface area contributed by atoms with Gasteiger partial charge in [0.1, 0.15) is 28.8 Å². The van der Waals surface area contributed by atoms with Crippen LogP contribution < -0.4 is 0 Å². The Bertz CT molecular complexity index is 2280. The van der Waals surface area contributed by atoms with Gasteiger partial charge in [-0.15, -0.1) is 0 Å². The van der Waals surface area contributed by atoms with Crippen LogP contribution in [-0.4, -0.2) is 37.2 Å². The third-order valence-electron chi connectivity index (χ3n) is 8.75. The second-order valence-corrected chi connectivity index (χ2v) is 12.2. The summed E-state index contributed by atoms with van der Waals surface area (Å²) in [5, 5.41) is 66.9. The highest BCUT2D eigenvalue weighted by Gasteiger charge is 2.17. The van der Waals surface area contributed by atoms with Gasteiger partial charge in [-0.3, -0.25) is 0 Å². The molecule has 0 unspecified atom stereocenters. The lowest BCUT2D eigenvalue weighted by Crippen LogP contribution is -1.94. The fourth-order valence-electron chi connectivity index (χ4n) is 6.18. The van der Waals surface area contributed by atoms with E-state index in [-0.39, 0.29) is 41.8 Å². The Labute approximate surface area is 285 Å². The summed E-state index contributed by atoms with van der Waals surface area (Å²) in [5.74, 6) is -0.509. The standard InChI is InChI=1S/C43H38O6/c1-3-4-6-27-8-9-28-11-14-31(19-33(28)17-27)38-22-35(40(46)24-42(38)48)21-36-23-39(43(49)25-41(36)47)32-15-12-29-10-13-30(18-34(29)20-32)37(26(2)45)7-5-16-44/h4,6-15,17-20,22-25,44-49H,2-3,5,16,21H2,1H3/b6-4+,37-7+. The quantitative estimate of drug-likeness (QED) is 0.0648. The van der Waals surface area contributed by atoms with E-state index in [2.05, 4.69) is 43.9 Å². The molecule has 6 heteroatoms. The zero-order valence-electron chi connectivity index (χ0n) is 27.2. The van der Waals surface area contributed by atoms with Crippen molar-refractivity contribution in [2.45, 2.75) is 26.2 Å². The summed E-state index contributed by atoms with van der Waals surface area (Å²) in [5.41, 5.74) is 5.85. The molecule has 246 valence electrons. The van der Waals surface area contributed by atoms with Crippen molar-refractivity contribution >= 4 is 33.2 Å². The highest BCUT2D eigenvalue weighted by atomic mass is 16.3. The van der Waals surface area contributed by atoms with Gasteiger partial charge in [0.25, 0.3) is 0 Å². The maximum Gasteiger partial charge on any atom is 0.127 e. The van der Waals surface area contributed by atoms with Gasteiger partial charge in [0.15, 0.2) is 0 Å². The lowest BCUT2D eigenvalue weighted by Gasteiger charge is -2.15. The van der Waals surface area contributed by atoms with E-state index in [4.69, 9.17) is 0 Å². The molecule has 0 aliphatic rings. The Morgan fingerprint density at radius 1 is 0.633 bits per heavy atom. The summed E-state index contributed by atoms with van der Waals surface area (Å²) in [6.45, 7) is 5.70. The first-order valence-corrected chi connectivity index (χ1v) is 16.2.